The summed E-state index contributed by atoms with van der Waals surface area (Å²) in [4.78, 5) is 29.8. The van der Waals surface area contributed by atoms with E-state index in [0.717, 1.165) is 5.69 Å². The normalized spacial score (nSPS) is 28.3. The summed E-state index contributed by atoms with van der Waals surface area (Å²) in [6.07, 6.45) is 0.530. The molecule has 2 fully saturated rings. The van der Waals surface area contributed by atoms with Gasteiger partial charge < -0.3 is 19.5 Å². The number of carbonyl (C=O) groups excluding carboxylic acids is 2. The molecule has 28 heavy (non-hydrogen) atoms. The van der Waals surface area contributed by atoms with Crippen LogP contribution in [0.2, 0.25) is 0 Å². The lowest BCUT2D eigenvalue weighted by atomic mass is 9.75. The third kappa shape index (κ3) is 2.92. The van der Waals surface area contributed by atoms with Crippen LogP contribution < -0.4 is 10.1 Å². The minimum Gasteiger partial charge on any atom is -0.495 e. The predicted octanol–water partition coefficient (Wildman–Crippen LogP) is 3.77. The average molecular weight is 402 g/mol. The van der Waals surface area contributed by atoms with Crippen molar-refractivity contribution in [3.8, 4) is 5.75 Å². The Balaban J connectivity index is 1.59. The molecule has 1 N–H and O–H groups in total. The van der Waals surface area contributed by atoms with E-state index in [0.29, 0.717) is 23.0 Å². The first-order valence-corrected chi connectivity index (χ1v) is 9.88. The van der Waals surface area contributed by atoms with Crippen molar-refractivity contribution in [2.45, 2.75) is 44.8 Å². The van der Waals surface area contributed by atoms with Gasteiger partial charge in [-0.25, -0.2) is 4.98 Å². The van der Waals surface area contributed by atoms with E-state index in [-0.39, 0.29) is 6.42 Å². The van der Waals surface area contributed by atoms with Crippen LogP contribution in [-0.4, -0.2) is 29.6 Å². The third-order valence-electron chi connectivity index (χ3n) is 5.23. The summed E-state index contributed by atoms with van der Waals surface area (Å²) >= 11 is 1.40. The van der Waals surface area contributed by atoms with Crippen LogP contribution in [0.15, 0.2) is 29.6 Å². The lowest BCUT2D eigenvalue weighted by molar-refractivity contribution is -0.161. The monoisotopic (exact) mass is 402 g/mol. The second kappa shape index (κ2) is 6.20. The smallest absolute Gasteiger partial charge is 0.324 e. The molecule has 0 bridgehead atoms. The Hall–Kier alpha value is -2.61. The molecule has 7 nitrogen and oxygen atoms in total. The zero-order valence-corrected chi connectivity index (χ0v) is 17.0. The highest BCUT2D eigenvalue weighted by Crippen LogP contribution is 2.54. The average Bonchev–Trinajstić information content (AvgIpc) is 3.25. The van der Waals surface area contributed by atoms with Gasteiger partial charge in [-0.15, -0.1) is 11.3 Å². The first-order valence-electron chi connectivity index (χ1n) is 9.00. The maximum Gasteiger partial charge on any atom is 0.324 e. The van der Waals surface area contributed by atoms with Crippen molar-refractivity contribution in [1.29, 1.82) is 0 Å². The molecule has 148 valence electrons. The molecular formula is C20H22N2O5S. The van der Waals surface area contributed by atoms with Crippen LogP contribution in [0.3, 0.4) is 0 Å². The number of methoxy groups -OCH3 is 1. The van der Waals surface area contributed by atoms with Crippen LogP contribution in [-0.2, 0) is 24.7 Å². The largest absolute Gasteiger partial charge is 0.495 e. The summed E-state index contributed by atoms with van der Waals surface area (Å²) in [6.45, 7) is 5.40. The lowest BCUT2D eigenvalue weighted by Gasteiger charge is -2.21. The second-order valence-corrected chi connectivity index (χ2v) is 8.93. The first kappa shape index (κ1) is 18.7. The Bertz CT molecular complexity index is 956. The van der Waals surface area contributed by atoms with Crippen LogP contribution in [0, 0.1) is 5.41 Å². The van der Waals surface area contributed by atoms with E-state index in [2.05, 4.69) is 10.3 Å². The molecule has 0 radical (unpaired) electrons. The number of nitrogens with one attached hydrogen (secondary N) is 1. The number of hydrogen-bond donors (Lipinski definition) is 1. The van der Waals surface area contributed by atoms with E-state index in [1.54, 1.807) is 27.9 Å². The van der Waals surface area contributed by atoms with Gasteiger partial charge in [0.1, 0.15) is 11.4 Å². The maximum absolute atomic E-state index is 12.7. The number of hydrogen-bond acceptors (Lipinski definition) is 8. The molecule has 2 aliphatic heterocycles. The van der Waals surface area contributed by atoms with Crippen molar-refractivity contribution in [1.82, 2.24) is 4.98 Å². The summed E-state index contributed by atoms with van der Waals surface area (Å²) in [7, 11) is 1.61. The van der Waals surface area contributed by atoms with Crippen LogP contribution in [0.4, 0.5) is 10.8 Å². The molecule has 8 heteroatoms. The molecule has 1 aromatic carbocycles. The molecule has 0 amide bonds. The van der Waals surface area contributed by atoms with Gasteiger partial charge in [0.05, 0.1) is 18.5 Å². The fraction of sp³-hybridized carbons (Fsp3) is 0.450. The van der Waals surface area contributed by atoms with Gasteiger partial charge in [-0.1, -0.05) is 12.1 Å². The highest BCUT2D eigenvalue weighted by atomic mass is 32.1. The summed E-state index contributed by atoms with van der Waals surface area (Å²) in [6, 6.07) is 7.53. The molecule has 4 rings (SSSR count). The summed E-state index contributed by atoms with van der Waals surface area (Å²) in [5.74, 6) is -0.334. The van der Waals surface area contributed by atoms with Crippen molar-refractivity contribution in [3.63, 3.8) is 0 Å². The number of nitrogens with zero attached hydrogens (tertiary/aromatic N) is 1. The van der Waals surface area contributed by atoms with E-state index in [4.69, 9.17) is 14.2 Å². The molecule has 1 aromatic heterocycles. The zero-order valence-electron chi connectivity index (χ0n) is 16.2. The number of esters is 2. The number of cyclic esters (lactones) is 2. The molecule has 2 saturated heterocycles. The Labute approximate surface area is 167 Å². The molecule has 0 unspecified atom stereocenters. The number of aromatic nitrogens is 1. The number of benzene rings is 1. The maximum atomic E-state index is 12.7. The highest BCUT2D eigenvalue weighted by molar-refractivity contribution is 7.13. The SMILES string of the molecule is COc1ccccc1Nc1nc([C@@]2(C)C[C@@]3(CC(C)(C)OC3=O)C(=O)O2)cs1. The van der Waals surface area contributed by atoms with Gasteiger partial charge in [0.25, 0.3) is 0 Å². The summed E-state index contributed by atoms with van der Waals surface area (Å²) < 4.78 is 16.5. The van der Waals surface area contributed by atoms with Crippen LogP contribution >= 0.6 is 11.3 Å². The third-order valence-corrected chi connectivity index (χ3v) is 5.99. The van der Waals surface area contributed by atoms with E-state index < -0.39 is 28.6 Å². The Morgan fingerprint density at radius 3 is 2.50 bits per heavy atom. The number of anilines is 2. The van der Waals surface area contributed by atoms with E-state index in [1.807, 2.05) is 29.6 Å². The Morgan fingerprint density at radius 2 is 1.82 bits per heavy atom. The summed E-state index contributed by atoms with van der Waals surface area (Å²) in [5.41, 5.74) is -1.51. The minimum atomic E-state index is -1.25. The standard InChI is InChI=1S/C20H22N2O5S/c1-18(2)10-20(15(23)26-18)11-19(3,27-16(20)24)14-9-28-17(22-14)21-12-7-5-6-8-13(12)25-4/h5-9H,10-11H2,1-4H3,(H,21,22)/t19-,20-/m1/s1. The van der Waals surface area contributed by atoms with Crippen molar-refractivity contribution in [2.75, 3.05) is 12.4 Å². The predicted molar refractivity (Wildman–Crippen MR) is 104 cm³/mol. The lowest BCUT2D eigenvalue weighted by Crippen LogP contribution is -2.32. The molecule has 3 heterocycles. The Kier molecular flexibility index (Phi) is 4.15. The fourth-order valence-corrected chi connectivity index (χ4v) is 4.89. The number of para-hydroxylation sites is 2. The molecule has 0 aliphatic carbocycles. The summed E-state index contributed by atoms with van der Waals surface area (Å²) in [5, 5.41) is 5.72. The number of carbonyl (C=O) groups is 2. The quantitative estimate of drug-likeness (QED) is 0.615. The van der Waals surface area contributed by atoms with E-state index in [1.165, 1.54) is 11.3 Å². The fourth-order valence-electron chi connectivity index (χ4n) is 4.04. The van der Waals surface area contributed by atoms with E-state index in [9.17, 15) is 9.59 Å². The van der Waals surface area contributed by atoms with Crippen molar-refractivity contribution in [3.05, 3.63) is 35.3 Å². The topological polar surface area (TPSA) is 86.8 Å². The van der Waals surface area contributed by atoms with Gasteiger partial charge in [-0.3, -0.25) is 9.59 Å². The molecule has 0 saturated carbocycles. The van der Waals surface area contributed by atoms with Gasteiger partial charge in [0, 0.05) is 18.2 Å². The van der Waals surface area contributed by atoms with Gasteiger partial charge in [0.2, 0.25) is 0 Å². The van der Waals surface area contributed by atoms with Gasteiger partial charge >= 0.3 is 11.9 Å². The Morgan fingerprint density at radius 1 is 1.11 bits per heavy atom. The van der Waals surface area contributed by atoms with Gasteiger partial charge in [0.15, 0.2) is 16.1 Å². The highest BCUT2D eigenvalue weighted by Gasteiger charge is 2.67. The number of rotatable bonds is 4. The zero-order chi connectivity index (χ0) is 20.2. The first-order chi connectivity index (χ1) is 13.2. The van der Waals surface area contributed by atoms with Gasteiger partial charge in [-0.2, -0.15) is 0 Å². The number of thiazole rings is 1. The van der Waals surface area contributed by atoms with Crippen molar-refractivity contribution >= 4 is 34.1 Å². The second-order valence-electron chi connectivity index (χ2n) is 8.07. The minimum absolute atomic E-state index is 0.221. The van der Waals surface area contributed by atoms with Crippen molar-refractivity contribution < 1.29 is 23.8 Å². The van der Waals surface area contributed by atoms with Crippen LogP contribution in [0.5, 0.6) is 5.75 Å². The molecule has 2 aromatic rings. The molecule has 1 spiro atoms. The van der Waals surface area contributed by atoms with Crippen molar-refractivity contribution in [2.24, 2.45) is 5.41 Å². The molecular weight excluding hydrogens is 380 g/mol. The van der Waals surface area contributed by atoms with E-state index >= 15 is 0 Å². The molecule has 2 aliphatic rings. The number of ether oxygens (including phenoxy) is 3. The van der Waals surface area contributed by atoms with Crippen LogP contribution in [0.25, 0.3) is 0 Å². The molecule has 2 atom stereocenters. The van der Waals surface area contributed by atoms with Crippen LogP contribution in [0.1, 0.15) is 39.3 Å². The van der Waals surface area contributed by atoms with Gasteiger partial charge in [-0.05, 0) is 32.9 Å².